The van der Waals surface area contributed by atoms with Gasteiger partial charge in [0.2, 0.25) is 0 Å². The van der Waals surface area contributed by atoms with Crippen molar-refractivity contribution in [3.8, 4) is 0 Å². The first-order valence-electron chi connectivity index (χ1n) is 7.52. The lowest BCUT2D eigenvalue weighted by molar-refractivity contribution is 0.0651. The molecule has 2 heterocycles. The molecule has 0 saturated carbocycles. The van der Waals surface area contributed by atoms with Crippen LogP contribution in [-0.2, 0) is 0 Å². The van der Waals surface area contributed by atoms with E-state index in [2.05, 4.69) is 5.32 Å². The van der Waals surface area contributed by atoms with Crippen molar-refractivity contribution in [2.24, 2.45) is 5.92 Å². The van der Waals surface area contributed by atoms with Crippen LogP contribution >= 0.6 is 11.6 Å². The molecule has 20 heavy (non-hydrogen) atoms. The molecule has 1 aromatic rings. The summed E-state index contributed by atoms with van der Waals surface area (Å²) < 4.78 is 0. The van der Waals surface area contributed by atoms with Crippen molar-refractivity contribution in [2.75, 3.05) is 19.6 Å². The third-order valence-corrected chi connectivity index (χ3v) is 4.72. The number of nitrogens with one attached hydrogen (secondary N) is 1. The highest BCUT2D eigenvalue weighted by molar-refractivity contribution is 6.30. The fourth-order valence-electron chi connectivity index (χ4n) is 3.44. The molecule has 2 atom stereocenters. The minimum atomic E-state index is 0.121. The molecule has 0 spiro atoms. The minimum absolute atomic E-state index is 0.121. The molecule has 0 bridgehead atoms. The Labute approximate surface area is 125 Å². The van der Waals surface area contributed by atoms with Crippen LogP contribution in [0.15, 0.2) is 24.3 Å². The van der Waals surface area contributed by atoms with E-state index in [-0.39, 0.29) is 5.91 Å². The van der Waals surface area contributed by atoms with Gasteiger partial charge in [-0.15, -0.1) is 0 Å². The molecule has 108 valence electrons. The summed E-state index contributed by atoms with van der Waals surface area (Å²) in [5.41, 5.74) is 0.706. The molecular weight excluding hydrogens is 272 g/mol. The molecule has 4 heteroatoms. The van der Waals surface area contributed by atoms with Crippen LogP contribution in [0.5, 0.6) is 0 Å². The fraction of sp³-hybridized carbons (Fsp3) is 0.562. The average Bonchev–Trinajstić information content (AvgIpc) is 3.01. The van der Waals surface area contributed by atoms with Crippen LogP contribution in [0.25, 0.3) is 0 Å². The first kappa shape index (κ1) is 13.9. The summed E-state index contributed by atoms with van der Waals surface area (Å²) in [5.74, 6) is 0.726. The third kappa shape index (κ3) is 2.99. The summed E-state index contributed by atoms with van der Waals surface area (Å²) in [6.07, 6.45) is 4.86. The van der Waals surface area contributed by atoms with Crippen molar-refractivity contribution in [2.45, 2.75) is 31.7 Å². The average molecular weight is 293 g/mol. The van der Waals surface area contributed by atoms with Crippen molar-refractivity contribution in [3.63, 3.8) is 0 Å². The number of likely N-dealkylation sites (tertiary alicyclic amines) is 1. The van der Waals surface area contributed by atoms with Crippen molar-refractivity contribution >= 4 is 17.5 Å². The van der Waals surface area contributed by atoms with Crippen LogP contribution in [0.4, 0.5) is 0 Å². The van der Waals surface area contributed by atoms with Crippen LogP contribution < -0.4 is 5.32 Å². The lowest BCUT2D eigenvalue weighted by atomic mass is 9.89. The Kier molecular flexibility index (Phi) is 4.27. The first-order chi connectivity index (χ1) is 9.74. The van der Waals surface area contributed by atoms with Gasteiger partial charge in [-0.05, 0) is 56.3 Å². The number of piperidine rings is 1. The van der Waals surface area contributed by atoms with Gasteiger partial charge in [-0.1, -0.05) is 17.7 Å². The second-order valence-electron chi connectivity index (χ2n) is 5.87. The molecule has 2 aliphatic rings. The van der Waals surface area contributed by atoms with Crippen LogP contribution in [0.1, 0.15) is 36.0 Å². The van der Waals surface area contributed by atoms with E-state index in [4.69, 9.17) is 11.6 Å². The van der Waals surface area contributed by atoms with Gasteiger partial charge in [0.05, 0.1) is 0 Å². The predicted molar refractivity (Wildman–Crippen MR) is 81.1 cm³/mol. The van der Waals surface area contributed by atoms with Gasteiger partial charge in [0.15, 0.2) is 0 Å². The maximum Gasteiger partial charge on any atom is 0.253 e. The normalized spacial score (nSPS) is 26.8. The Bertz CT molecular complexity index is 485. The van der Waals surface area contributed by atoms with Gasteiger partial charge in [0.1, 0.15) is 0 Å². The van der Waals surface area contributed by atoms with E-state index >= 15 is 0 Å². The van der Waals surface area contributed by atoms with Gasteiger partial charge in [0.25, 0.3) is 5.91 Å². The molecular formula is C16H21ClN2O. The molecule has 0 aliphatic carbocycles. The zero-order chi connectivity index (χ0) is 13.9. The number of carbonyl (C=O) groups is 1. The number of benzene rings is 1. The van der Waals surface area contributed by atoms with Gasteiger partial charge >= 0.3 is 0 Å². The Morgan fingerprint density at radius 1 is 1.30 bits per heavy atom. The predicted octanol–water partition coefficient (Wildman–Crippen LogP) is 2.94. The molecule has 1 aromatic carbocycles. The van der Waals surface area contributed by atoms with Crippen LogP contribution in [0.2, 0.25) is 5.02 Å². The number of rotatable bonds is 2. The largest absolute Gasteiger partial charge is 0.338 e. The number of hydrogen-bond donors (Lipinski definition) is 1. The molecule has 2 fully saturated rings. The molecule has 1 amide bonds. The Hall–Kier alpha value is -1.06. The van der Waals surface area contributed by atoms with Gasteiger partial charge < -0.3 is 10.2 Å². The molecule has 3 rings (SSSR count). The Balaban J connectivity index is 1.68. The van der Waals surface area contributed by atoms with E-state index in [0.29, 0.717) is 22.5 Å². The van der Waals surface area contributed by atoms with E-state index in [1.807, 2.05) is 17.0 Å². The zero-order valence-corrected chi connectivity index (χ0v) is 12.4. The van der Waals surface area contributed by atoms with Gasteiger partial charge in [-0.2, -0.15) is 0 Å². The smallest absolute Gasteiger partial charge is 0.253 e. The van der Waals surface area contributed by atoms with Crippen molar-refractivity contribution in [3.05, 3.63) is 34.9 Å². The third-order valence-electron chi connectivity index (χ3n) is 4.48. The van der Waals surface area contributed by atoms with E-state index in [1.54, 1.807) is 12.1 Å². The number of nitrogens with zero attached hydrogens (tertiary/aromatic N) is 1. The quantitative estimate of drug-likeness (QED) is 0.909. The summed E-state index contributed by atoms with van der Waals surface area (Å²) in [6.45, 7) is 2.88. The van der Waals surface area contributed by atoms with Crippen molar-refractivity contribution in [1.29, 1.82) is 0 Å². The van der Waals surface area contributed by atoms with Crippen molar-refractivity contribution < 1.29 is 4.79 Å². The lowest BCUT2D eigenvalue weighted by Gasteiger charge is -2.36. The van der Waals surface area contributed by atoms with E-state index in [1.165, 1.54) is 19.3 Å². The summed E-state index contributed by atoms with van der Waals surface area (Å²) >= 11 is 5.98. The summed E-state index contributed by atoms with van der Waals surface area (Å²) in [5, 5.41) is 4.20. The number of halogens is 1. The van der Waals surface area contributed by atoms with E-state index in [0.717, 1.165) is 26.1 Å². The van der Waals surface area contributed by atoms with E-state index < -0.39 is 0 Å². The maximum absolute atomic E-state index is 12.6. The Morgan fingerprint density at radius 3 is 2.95 bits per heavy atom. The highest BCUT2D eigenvalue weighted by Gasteiger charge is 2.31. The molecule has 0 radical (unpaired) electrons. The fourth-order valence-corrected chi connectivity index (χ4v) is 3.63. The van der Waals surface area contributed by atoms with Crippen LogP contribution in [0, 0.1) is 5.92 Å². The Morgan fingerprint density at radius 2 is 2.20 bits per heavy atom. The standard InChI is InChI=1S/C16H21ClN2O/c17-14-6-1-4-12(10-14)16(20)19-9-3-5-13(11-19)15-7-2-8-18-15/h1,4,6,10,13,15,18H,2-3,5,7-9,11H2. The number of amides is 1. The number of hydrogen-bond acceptors (Lipinski definition) is 2. The van der Waals surface area contributed by atoms with Crippen LogP contribution in [0.3, 0.4) is 0 Å². The molecule has 2 aliphatic heterocycles. The summed E-state index contributed by atoms with van der Waals surface area (Å²) in [4.78, 5) is 14.6. The van der Waals surface area contributed by atoms with Gasteiger partial charge in [-0.25, -0.2) is 0 Å². The minimum Gasteiger partial charge on any atom is -0.338 e. The van der Waals surface area contributed by atoms with Gasteiger partial charge in [-0.3, -0.25) is 4.79 Å². The maximum atomic E-state index is 12.6. The lowest BCUT2D eigenvalue weighted by Crippen LogP contribution is -2.45. The van der Waals surface area contributed by atoms with Gasteiger partial charge in [0, 0.05) is 29.7 Å². The second-order valence-corrected chi connectivity index (χ2v) is 6.30. The highest BCUT2D eigenvalue weighted by atomic mass is 35.5. The number of carbonyl (C=O) groups excluding carboxylic acids is 1. The molecule has 0 aromatic heterocycles. The topological polar surface area (TPSA) is 32.3 Å². The zero-order valence-electron chi connectivity index (χ0n) is 11.6. The molecule has 2 saturated heterocycles. The van der Waals surface area contributed by atoms with Crippen LogP contribution in [-0.4, -0.2) is 36.5 Å². The SMILES string of the molecule is O=C(c1cccc(Cl)c1)N1CCCC(C2CCCN2)C1. The summed E-state index contributed by atoms with van der Waals surface area (Å²) in [6, 6.07) is 7.87. The molecule has 2 unspecified atom stereocenters. The summed E-state index contributed by atoms with van der Waals surface area (Å²) in [7, 11) is 0. The second kappa shape index (κ2) is 6.15. The first-order valence-corrected chi connectivity index (χ1v) is 7.90. The monoisotopic (exact) mass is 292 g/mol. The molecule has 1 N–H and O–H groups in total. The highest BCUT2D eigenvalue weighted by Crippen LogP contribution is 2.26. The van der Waals surface area contributed by atoms with Crippen molar-refractivity contribution in [1.82, 2.24) is 10.2 Å². The molecule has 3 nitrogen and oxygen atoms in total. The van der Waals surface area contributed by atoms with E-state index in [9.17, 15) is 4.79 Å².